The maximum Gasteiger partial charge on any atom is 0.0418 e. The maximum atomic E-state index is 3.80. The fourth-order valence-corrected chi connectivity index (χ4v) is 3.59. The monoisotopic (exact) mass is 258 g/mol. The highest BCUT2D eigenvalue weighted by Gasteiger charge is 2.21. The van der Waals surface area contributed by atoms with E-state index in [0.717, 1.165) is 19.0 Å². The molecule has 0 aromatic heterocycles. The third-order valence-corrected chi connectivity index (χ3v) is 4.83. The lowest BCUT2D eigenvalue weighted by Crippen LogP contribution is -2.37. The molecule has 3 rings (SSSR count). The molecule has 0 saturated heterocycles. The van der Waals surface area contributed by atoms with Gasteiger partial charge in [0.2, 0.25) is 0 Å². The number of rotatable bonds is 3. The Hall–Kier alpha value is -1.02. The molecule has 104 valence electrons. The molecule has 1 heterocycles. The van der Waals surface area contributed by atoms with Gasteiger partial charge in [-0.3, -0.25) is 0 Å². The van der Waals surface area contributed by atoms with Gasteiger partial charge in [-0.2, -0.15) is 0 Å². The zero-order valence-corrected chi connectivity index (χ0v) is 12.0. The molecule has 0 radical (unpaired) electrons. The molecule has 2 nitrogen and oxygen atoms in total. The van der Waals surface area contributed by atoms with Crippen LogP contribution in [0.2, 0.25) is 0 Å². The summed E-state index contributed by atoms with van der Waals surface area (Å²) >= 11 is 0. The molecule has 1 aliphatic heterocycles. The van der Waals surface area contributed by atoms with E-state index in [0.29, 0.717) is 6.04 Å². The van der Waals surface area contributed by atoms with Gasteiger partial charge in [0.1, 0.15) is 0 Å². The van der Waals surface area contributed by atoms with Gasteiger partial charge in [0, 0.05) is 24.8 Å². The van der Waals surface area contributed by atoms with Crippen molar-refractivity contribution in [2.24, 2.45) is 5.92 Å². The third-order valence-electron chi connectivity index (χ3n) is 4.83. The number of aryl methyl sites for hydroxylation is 1. The van der Waals surface area contributed by atoms with Crippen LogP contribution in [0.3, 0.4) is 0 Å². The van der Waals surface area contributed by atoms with Crippen LogP contribution in [0, 0.1) is 5.92 Å². The Morgan fingerprint density at radius 2 is 2.11 bits per heavy atom. The van der Waals surface area contributed by atoms with E-state index in [-0.39, 0.29) is 0 Å². The van der Waals surface area contributed by atoms with Gasteiger partial charge in [-0.05, 0) is 42.7 Å². The summed E-state index contributed by atoms with van der Waals surface area (Å²) in [6.45, 7) is 4.55. The van der Waals surface area contributed by atoms with E-state index in [2.05, 4.69) is 35.8 Å². The highest BCUT2D eigenvalue weighted by Crippen LogP contribution is 2.28. The second-order valence-corrected chi connectivity index (χ2v) is 6.23. The van der Waals surface area contributed by atoms with Gasteiger partial charge in [-0.1, -0.05) is 38.0 Å². The summed E-state index contributed by atoms with van der Waals surface area (Å²) in [6.07, 6.45) is 8.06. The Morgan fingerprint density at radius 3 is 3.00 bits per heavy atom. The smallest absolute Gasteiger partial charge is 0.0418 e. The highest BCUT2D eigenvalue weighted by molar-refractivity contribution is 5.59. The first-order valence-electron chi connectivity index (χ1n) is 7.92. The van der Waals surface area contributed by atoms with Crippen LogP contribution in [0.15, 0.2) is 18.2 Å². The van der Waals surface area contributed by atoms with E-state index in [1.54, 1.807) is 0 Å². The van der Waals surface area contributed by atoms with Crippen molar-refractivity contribution in [1.29, 1.82) is 0 Å². The molecule has 2 heteroatoms. The molecule has 1 aliphatic carbocycles. The second kappa shape index (κ2) is 5.96. The van der Waals surface area contributed by atoms with Crippen LogP contribution in [0.4, 0.5) is 5.69 Å². The van der Waals surface area contributed by atoms with E-state index in [9.17, 15) is 0 Å². The van der Waals surface area contributed by atoms with Crippen molar-refractivity contribution in [2.75, 3.05) is 11.9 Å². The van der Waals surface area contributed by atoms with E-state index in [1.165, 1.54) is 55.3 Å². The number of nitrogens with one attached hydrogen (secondary N) is 2. The minimum atomic E-state index is 0.716. The summed E-state index contributed by atoms with van der Waals surface area (Å²) in [4.78, 5) is 0. The van der Waals surface area contributed by atoms with Crippen molar-refractivity contribution in [1.82, 2.24) is 5.32 Å². The summed E-state index contributed by atoms with van der Waals surface area (Å²) in [7, 11) is 0. The van der Waals surface area contributed by atoms with Gasteiger partial charge < -0.3 is 10.6 Å². The molecule has 2 atom stereocenters. The molecular weight excluding hydrogens is 232 g/mol. The van der Waals surface area contributed by atoms with Crippen molar-refractivity contribution in [3.8, 4) is 0 Å². The Bertz CT molecular complexity index is 427. The van der Waals surface area contributed by atoms with Crippen LogP contribution in [0.5, 0.6) is 0 Å². The normalized spacial score (nSPS) is 26.6. The predicted octanol–water partition coefficient (Wildman–Crippen LogP) is 3.71. The Balaban J connectivity index is 1.66. The van der Waals surface area contributed by atoms with Gasteiger partial charge >= 0.3 is 0 Å². The molecule has 0 bridgehead atoms. The van der Waals surface area contributed by atoms with Crippen LogP contribution in [0.25, 0.3) is 0 Å². The average Bonchev–Trinajstić information content (AvgIpc) is 2.46. The summed E-state index contributed by atoms with van der Waals surface area (Å²) in [5, 5.41) is 7.39. The standard InChI is InChI=1S/C17H26N2/c1-13-6-2-3-10-16(13)19-12-15-8-4-7-14-9-5-11-18-17(14)15/h4,7-8,13,16,18-19H,2-3,5-6,9-12H2,1H3. The first-order valence-corrected chi connectivity index (χ1v) is 7.92. The predicted molar refractivity (Wildman–Crippen MR) is 81.5 cm³/mol. The molecular formula is C17H26N2. The van der Waals surface area contributed by atoms with E-state index < -0.39 is 0 Å². The van der Waals surface area contributed by atoms with Gasteiger partial charge in [-0.25, -0.2) is 0 Å². The topological polar surface area (TPSA) is 24.1 Å². The first-order chi connectivity index (χ1) is 9.34. The Morgan fingerprint density at radius 1 is 1.21 bits per heavy atom. The van der Waals surface area contributed by atoms with Crippen molar-refractivity contribution >= 4 is 5.69 Å². The molecule has 2 unspecified atom stereocenters. The summed E-state index contributed by atoms with van der Waals surface area (Å²) in [5.74, 6) is 0.834. The first kappa shape index (κ1) is 13.0. The zero-order valence-electron chi connectivity index (χ0n) is 12.0. The van der Waals surface area contributed by atoms with Crippen molar-refractivity contribution in [2.45, 2.75) is 58.0 Å². The highest BCUT2D eigenvalue weighted by atomic mass is 14.9. The van der Waals surface area contributed by atoms with Crippen molar-refractivity contribution < 1.29 is 0 Å². The summed E-state index contributed by atoms with van der Waals surface area (Å²) < 4.78 is 0. The van der Waals surface area contributed by atoms with Crippen LogP contribution in [-0.4, -0.2) is 12.6 Å². The molecule has 0 spiro atoms. The van der Waals surface area contributed by atoms with Crippen LogP contribution >= 0.6 is 0 Å². The molecule has 2 N–H and O–H groups in total. The Labute approximate surface area is 117 Å². The lowest BCUT2D eigenvalue weighted by molar-refractivity contribution is 0.279. The minimum absolute atomic E-state index is 0.716. The number of fused-ring (bicyclic) bond motifs is 1. The number of benzene rings is 1. The van der Waals surface area contributed by atoms with Crippen LogP contribution in [0.1, 0.15) is 50.2 Å². The van der Waals surface area contributed by atoms with Gasteiger partial charge in [0.15, 0.2) is 0 Å². The molecule has 1 aromatic rings. The maximum absolute atomic E-state index is 3.80. The number of anilines is 1. The second-order valence-electron chi connectivity index (χ2n) is 6.23. The number of hydrogen-bond acceptors (Lipinski definition) is 2. The lowest BCUT2D eigenvalue weighted by atomic mass is 9.86. The van der Waals surface area contributed by atoms with Crippen molar-refractivity contribution in [3.05, 3.63) is 29.3 Å². The fourth-order valence-electron chi connectivity index (χ4n) is 3.59. The lowest BCUT2D eigenvalue weighted by Gasteiger charge is -2.30. The number of para-hydroxylation sites is 1. The summed E-state index contributed by atoms with van der Waals surface area (Å²) in [6, 6.07) is 7.48. The third kappa shape index (κ3) is 2.94. The fraction of sp³-hybridized carbons (Fsp3) is 0.647. The SMILES string of the molecule is CC1CCCCC1NCc1cccc2c1NCCC2. The Kier molecular flexibility index (Phi) is 4.07. The van der Waals surface area contributed by atoms with Gasteiger partial charge in [0.05, 0.1) is 0 Å². The minimum Gasteiger partial charge on any atom is -0.385 e. The van der Waals surface area contributed by atoms with Crippen molar-refractivity contribution in [3.63, 3.8) is 0 Å². The summed E-state index contributed by atoms with van der Waals surface area (Å²) in [5.41, 5.74) is 4.36. The van der Waals surface area contributed by atoms with E-state index >= 15 is 0 Å². The van der Waals surface area contributed by atoms with Crippen LogP contribution < -0.4 is 10.6 Å². The molecule has 1 aromatic carbocycles. The molecule has 1 saturated carbocycles. The molecule has 2 aliphatic rings. The van der Waals surface area contributed by atoms with Gasteiger partial charge in [0.25, 0.3) is 0 Å². The molecule has 1 fully saturated rings. The molecule has 0 amide bonds. The van der Waals surface area contributed by atoms with Gasteiger partial charge in [-0.15, -0.1) is 0 Å². The quantitative estimate of drug-likeness (QED) is 0.863. The van der Waals surface area contributed by atoms with Crippen LogP contribution in [-0.2, 0) is 13.0 Å². The average molecular weight is 258 g/mol. The zero-order chi connectivity index (χ0) is 13.1. The number of hydrogen-bond donors (Lipinski definition) is 2. The molecule has 19 heavy (non-hydrogen) atoms. The largest absolute Gasteiger partial charge is 0.385 e. The van der Waals surface area contributed by atoms with E-state index in [1.807, 2.05) is 0 Å². The van der Waals surface area contributed by atoms with E-state index in [4.69, 9.17) is 0 Å².